The minimum absolute atomic E-state index is 0.0578. The summed E-state index contributed by atoms with van der Waals surface area (Å²) in [6, 6.07) is 3.15. The summed E-state index contributed by atoms with van der Waals surface area (Å²) >= 11 is 21.3. The van der Waals surface area contributed by atoms with Crippen LogP contribution in [-0.2, 0) is 6.42 Å². The Labute approximate surface area is 143 Å². The Morgan fingerprint density at radius 1 is 1.19 bits per heavy atom. The van der Waals surface area contributed by atoms with Crippen LogP contribution in [0.25, 0.3) is 5.69 Å². The Hall–Kier alpha value is -0.750. The largest absolute Gasteiger partial charge is 0.334 e. The number of rotatable bonds is 3. The van der Waals surface area contributed by atoms with E-state index >= 15 is 0 Å². The van der Waals surface area contributed by atoms with Crippen LogP contribution < -0.4 is 11.2 Å². The maximum atomic E-state index is 12.5. The molecule has 0 unspecified atom stereocenters. The van der Waals surface area contributed by atoms with Crippen LogP contribution in [0.4, 0.5) is 0 Å². The molecule has 0 bridgehead atoms. The number of hydrogen-bond donors (Lipinski definition) is 1. The summed E-state index contributed by atoms with van der Waals surface area (Å²) in [6.07, 6.45) is 1.17. The lowest BCUT2D eigenvalue weighted by atomic mass is 10.2. The van der Waals surface area contributed by atoms with Gasteiger partial charge in [0.15, 0.2) is 0 Å². The van der Waals surface area contributed by atoms with Gasteiger partial charge in [-0.05, 0) is 34.5 Å². The minimum atomic E-state index is -0.662. The van der Waals surface area contributed by atoms with Gasteiger partial charge < -0.3 is 0 Å². The fourth-order valence-corrected chi connectivity index (χ4v) is 3.03. The van der Waals surface area contributed by atoms with E-state index in [0.29, 0.717) is 16.5 Å². The van der Waals surface area contributed by atoms with E-state index in [0.717, 1.165) is 11.0 Å². The molecule has 1 aromatic carbocycles. The van der Waals surface area contributed by atoms with Gasteiger partial charge in [-0.1, -0.05) is 48.1 Å². The van der Waals surface area contributed by atoms with Crippen molar-refractivity contribution in [3.63, 3.8) is 0 Å². The molecule has 0 spiro atoms. The van der Waals surface area contributed by atoms with E-state index in [2.05, 4.69) is 20.9 Å². The van der Waals surface area contributed by atoms with Crippen LogP contribution in [-0.4, -0.2) is 9.55 Å². The summed E-state index contributed by atoms with van der Waals surface area (Å²) in [5.41, 5.74) is -0.602. The van der Waals surface area contributed by atoms with Gasteiger partial charge in [0.05, 0.1) is 21.3 Å². The Balaban J connectivity index is 2.82. The van der Waals surface area contributed by atoms with Crippen molar-refractivity contribution in [3.8, 4) is 5.69 Å². The number of benzene rings is 1. The molecule has 1 heterocycles. The third-order valence-electron chi connectivity index (χ3n) is 2.90. The van der Waals surface area contributed by atoms with E-state index < -0.39 is 11.2 Å². The molecule has 1 aromatic heterocycles. The highest BCUT2D eigenvalue weighted by molar-refractivity contribution is 9.10. The number of hydrogen-bond acceptors (Lipinski definition) is 2. The van der Waals surface area contributed by atoms with Crippen molar-refractivity contribution in [1.82, 2.24) is 9.55 Å². The normalized spacial score (nSPS) is 10.9. The fourth-order valence-electron chi connectivity index (χ4n) is 1.92. The molecule has 2 aromatic rings. The molecule has 4 nitrogen and oxygen atoms in total. The molecule has 0 aliphatic carbocycles. The van der Waals surface area contributed by atoms with Gasteiger partial charge in [-0.25, -0.2) is 9.36 Å². The van der Waals surface area contributed by atoms with Gasteiger partial charge >= 0.3 is 5.69 Å². The predicted octanol–water partition coefficient (Wildman–Crippen LogP) is 4.20. The van der Waals surface area contributed by atoms with Gasteiger partial charge in [0.1, 0.15) is 5.15 Å². The second-order valence-electron chi connectivity index (χ2n) is 4.31. The molecule has 2 rings (SSSR count). The maximum absolute atomic E-state index is 12.5. The van der Waals surface area contributed by atoms with Crippen LogP contribution in [0.15, 0.2) is 26.2 Å². The first-order valence-corrected chi connectivity index (χ1v) is 7.98. The Bertz CT molecular complexity index is 814. The van der Waals surface area contributed by atoms with Crippen molar-refractivity contribution in [2.75, 3.05) is 0 Å². The molecular weight excluding hydrogens is 402 g/mol. The summed E-state index contributed by atoms with van der Waals surface area (Å²) in [6.45, 7) is 1.91. The molecule has 8 heteroatoms. The lowest BCUT2D eigenvalue weighted by molar-refractivity contribution is 0.812. The van der Waals surface area contributed by atoms with Gasteiger partial charge in [-0.2, -0.15) is 0 Å². The van der Waals surface area contributed by atoms with E-state index in [9.17, 15) is 9.59 Å². The lowest BCUT2D eigenvalue weighted by Gasteiger charge is -2.11. The predicted molar refractivity (Wildman–Crippen MR) is 89.4 cm³/mol. The van der Waals surface area contributed by atoms with E-state index in [4.69, 9.17) is 34.8 Å². The van der Waals surface area contributed by atoms with Crippen molar-refractivity contribution < 1.29 is 0 Å². The minimum Gasteiger partial charge on any atom is -0.297 e. The van der Waals surface area contributed by atoms with E-state index in [-0.39, 0.29) is 20.9 Å². The number of aromatic nitrogens is 2. The lowest BCUT2D eigenvalue weighted by Crippen LogP contribution is -2.36. The third kappa shape index (κ3) is 3.06. The first-order chi connectivity index (χ1) is 9.88. The number of H-pyrrole nitrogens is 1. The number of aromatic amines is 1. The van der Waals surface area contributed by atoms with Crippen LogP contribution in [0.3, 0.4) is 0 Å². The summed E-state index contributed by atoms with van der Waals surface area (Å²) in [4.78, 5) is 27.0. The molecule has 0 amide bonds. The average molecular weight is 412 g/mol. The topological polar surface area (TPSA) is 54.9 Å². The van der Waals surface area contributed by atoms with Crippen LogP contribution in [0.2, 0.25) is 15.2 Å². The van der Waals surface area contributed by atoms with Gasteiger partial charge in [-0.3, -0.25) is 9.78 Å². The quantitative estimate of drug-likeness (QED) is 0.607. The number of nitrogens with zero attached hydrogens (tertiary/aromatic N) is 1. The summed E-state index contributed by atoms with van der Waals surface area (Å²) in [7, 11) is 0. The second-order valence-corrected chi connectivity index (χ2v) is 6.30. The highest BCUT2D eigenvalue weighted by atomic mass is 79.9. The van der Waals surface area contributed by atoms with Crippen molar-refractivity contribution in [2.24, 2.45) is 0 Å². The third-order valence-corrected chi connectivity index (χ3v) is 4.99. The summed E-state index contributed by atoms with van der Waals surface area (Å²) < 4.78 is 1.52. The standard InChI is InChI=1S/C13H10BrCl3N2O2/c1-2-3-6-11(17)18-13(21)19(12(6)20)8-5-4-7(14)9(15)10(8)16/h4-5H,2-3H2,1H3,(H,18,21). The molecule has 112 valence electrons. The van der Waals surface area contributed by atoms with Crippen molar-refractivity contribution in [2.45, 2.75) is 19.8 Å². The molecule has 21 heavy (non-hydrogen) atoms. The highest BCUT2D eigenvalue weighted by Gasteiger charge is 2.17. The van der Waals surface area contributed by atoms with Crippen LogP contribution in [0, 0.1) is 0 Å². The Kier molecular flexibility index (Phi) is 5.20. The molecule has 0 fully saturated rings. The molecular formula is C13H10BrCl3N2O2. The zero-order chi connectivity index (χ0) is 15.7. The zero-order valence-electron chi connectivity index (χ0n) is 10.8. The SMILES string of the molecule is CCCc1c(Cl)[nH]c(=O)n(-c2ccc(Br)c(Cl)c2Cl)c1=O. The van der Waals surface area contributed by atoms with Gasteiger partial charge in [0, 0.05) is 4.47 Å². The average Bonchev–Trinajstić information content (AvgIpc) is 2.43. The first kappa shape index (κ1) is 16.6. The zero-order valence-corrected chi connectivity index (χ0v) is 14.7. The molecule has 0 saturated heterocycles. The van der Waals surface area contributed by atoms with Gasteiger partial charge in [0.2, 0.25) is 0 Å². The highest BCUT2D eigenvalue weighted by Crippen LogP contribution is 2.34. The smallest absolute Gasteiger partial charge is 0.297 e. The fraction of sp³-hybridized carbons (Fsp3) is 0.231. The molecule has 0 aliphatic heterocycles. The summed E-state index contributed by atoms with van der Waals surface area (Å²) in [5, 5.41) is 0.401. The van der Waals surface area contributed by atoms with Gasteiger partial charge in [0.25, 0.3) is 5.56 Å². The summed E-state index contributed by atoms with van der Waals surface area (Å²) in [5.74, 6) is 0. The number of halogens is 4. The molecule has 1 N–H and O–H groups in total. The monoisotopic (exact) mass is 410 g/mol. The molecule has 0 saturated carbocycles. The van der Waals surface area contributed by atoms with E-state index in [1.54, 1.807) is 12.1 Å². The molecule has 0 aliphatic rings. The number of nitrogens with one attached hydrogen (secondary N) is 1. The van der Waals surface area contributed by atoms with Gasteiger partial charge in [-0.15, -0.1) is 0 Å². The van der Waals surface area contributed by atoms with Crippen molar-refractivity contribution in [3.05, 3.63) is 58.2 Å². The van der Waals surface area contributed by atoms with E-state index in [1.165, 1.54) is 0 Å². The molecule has 0 atom stereocenters. The van der Waals surface area contributed by atoms with Crippen LogP contribution >= 0.6 is 50.7 Å². The Morgan fingerprint density at radius 3 is 2.48 bits per heavy atom. The first-order valence-electron chi connectivity index (χ1n) is 6.06. The maximum Gasteiger partial charge on any atom is 0.334 e. The van der Waals surface area contributed by atoms with Crippen LogP contribution in [0.5, 0.6) is 0 Å². The van der Waals surface area contributed by atoms with Crippen molar-refractivity contribution >= 4 is 50.7 Å². The second kappa shape index (κ2) is 6.57. The molecule has 0 radical (unpaired) electrons. The van der Waals surface area contributed by atoms with Crippen molar-refractivity contribution in [1.29, 1.82) is 0 Å². The Morgan fingerprint density at radius 2 is 1.86 bits per heavy atom. The van der Waals surface area contributed by atoms with Crippen LogP contribution in [0.1, 0.15) is 18.9 Å². The van der Waals surface area contributed by atoms with E-state index in [1.807, 2.05) is 6.92 Å².